The average molecular weight is 315 g/mol. The smallest absolute Gasteiger partial charge is 0.227 e. The van der Waals surface area contributed by atoms with Crippen molar-refractivity contribution in [2.75, 3.05) is 18.4 Å². The lowest BCUT2D eigenvalue weighted by Crippen LogP contribution is -2.43. The van der Waals surface area contributed by atoms with Crippen LogP contribution in [0.25, 0.3) is 0 Å². The van der Waals surface area contributed by atoms with Crippen LogP contribution in [0.4, 0.5) is 5.69 Å². The summed E-state index contributed by atoms with van der Waals surface area (Å²) in [6.07, 6.45) is 4.15. The highest BCUT2D eigenvalue weighted by Gasteiger charge is 2.34. The Hall–Kier alpha value is -1.88. The summed E-state index contributed by atoms with van der Waals surface area (Å²) in [6, 6.07) is 9.69. The van der Waals surface area contributed by atoms with Crippen molar-refractivity contribution in [3.05, 3.63) is 30.3 Å². The number of benzene rings is 1. The van der Waals surface area contributed by atoms with Crippen LogP contribution < -0.4 is 11.1 Å². The van der Waals surface area contributed by atoms with E-state index < -0.39 is 0 Å². The van der Waals surface area contributed by atoms with Crippen LogP contribution in [0.3, 0.4) is 0 Å². The van der Waals surface area contributed by atoms with E-state index in [2.05, 4.69) is 5.32 Å². The Morgan fingerprint density at radius 2 is 1.70 bits per heavy atom. The van der Waals surface area contributed by atoms with Crippen LogP contribution in [-0.4, -0.2) is 35.8 Å². The van der Waals surface area contributed by atoms with Gasteiger partial charge in [0.15, 0.2) is 0 Å². The quantitative estimate of drug-likeness (QED) is 0.895. The number of carbonyl (C=O) groups is 2. The monoisotopic (exact) mass is 315 g/mol. The molecule has 3 N–H and O–H groups in total. The molecule has 124 valence electrons. The standard InChI is InChI=1S/C18H25N3O2/c19-15-7-6-14(12-15)18(23)21-10-8-13(9-11-21)17(22)20-16-4-2-1-3-5-16/h1-5,13-15H,6-12,19H2,(H,20,22). The van der Waals surface area contributed by atoms with Crippen molar-refractivity contribution < 1.29 is 9.59 Å². The lowest BCUT2D eigenvalue weighted by Gasteiger charge is -2.33. The summed E-state index contributed by atoms with van der Waals surface area (Å²) in [5, 5.41) is 2.96. The van der Waals surface area contributed by atoms with Crippen molar-refractivity contribution in [3.63, 3.8) is 0 Å². The molecule has 1 aromatic rings. The normalized spacial score (nSPS) is 25.3. The van der Waals surface area contributed by atoms with Gasteiger partial charge in [-0.05, 0) is 44.2 Å². The predicted octanol–water partition coefficient (Wildman–Crippen LogP) is 1.99. The number of piperidine rings is 1. The number of nitrogens with two attached hydrogens (primary N) is 1. The van der Waals surface area contributed by atoms with Gasteiger partial charge in [-0.2, -0.15) is 0 Å². The maximum absolute atomic E-state index is 12.5. The fourth-order valence-electron chi connectivity index (χ4n) is 3.63. The first kappa shape index (κ1) is 16.0. The van der Waals surface area contributed by atoms with Crippen molar-refractivity contribution >= 4 is 17.5 Å². The van der Waals surface area contributed by atoms with E-state index in [-0.39, 0.29) is 29.7 Å². The van der Waals surface area contributed by atoms with Gasteiger partial charge in [-0.25, -0.2) is 0 Å². The molecule has 1 heterocycles. The van der Waals surface area contributed by atoms with Gasteiger partial charge < -0.3 is 16.0 Å². The minimum atomic E-state index is -0.00917. The summed E-state index contributed by atoms with van der Waals surface area (Å²) >= 11 is 0. The van der Waals surface area contributed by atoms with E-state index in [9.17, 15) is 9.59 Å². The maximum Gasteiger partial charge on any atom is 0.227 e. The Bertz CT molecular complexity index is 553. The number of likely N-dealkylation sites (tertiary alicyclic amines) is 1. The zero-order valence-electron chi connectivity index (χ0n) is 13.4. The molecular formula is C18H25N3O2. The first-order chi connectivity index (χ1) is 11.1. The van der Waals surface area contributed by atoms with E-state index in [0.717, 1.165) is 37.8 Å². The van der Waals surface area contributed by atoms with Crippen LogP contribution in [0.1, 0.15) is 32.1 Å². The van der Waals surface area contributed by atoms with Crippen molar-refractivity contribution in [2.24, 2.45) is 17.6 Å². The Morgan fingerprint density at radius 1 is 1.00 bits per heavy atom. The molecule has 5 nitrogen and oxygen atoms in total. The van der Waals surface area contributed by atoms with Gasteiger partial charge in [-0.15, -0.1) is 0 Å². The average Bonchev–Trinajstić information content (AvgIpc) is 3.02. The van der Waals surface area contributed by atoms with Gasteiger partial charge in [-0.3, -0.25) is 9.59 Å². The van der Waals surface area contributed by atoms with Crippen LogP contribution in [0.2, 0.25) is 0 Å². The largest absolute Gasteiger partial charge is 0.342 e. The molecule has 2 fully saturated rings. The highest BCUT2D eigenvalue weighted by Crippen LogP contribution is 2.28. The lowest BCUT2D eigenvalue weighted by atomic mass is 9.94. The molecule has 2 unspecified atom stereocenters. The van der Waals surface area contributed by atoms with E-state index in [4.69, 9.17) is 5.73 Å². The van der Waals surface area contributed by atoms with E-state index in [0.29, 0.717) is 13.1 Å². The van der Waals surface area contributed by atoms with Gasteiger partial charge in [0, 0.05) is 36.7 Å². The molecule has 2 aliphatic rings. The topological polar surface area (TPSA) is 75.4 Å². The summed E-state index contributed by atoms with van der Waals surface area (Å²) in [4.78, 5) is 26.7. The summed E-state index contributed by atoms with van der Waals surface area (Å²) in [6.45, 7) is 1.36. The number of nitrogens with zero attached hydrogens (tertiary/aromatic N) is 1. The molecule has 3 rings (SSSR count). The molecule has 5 heteroatoms. The maximum atomic E-state index is 12.5. The summed E-state index contributed by atoms with van der Waals surface area (Å²) in [5.41, 5.74) is 6.73. The van der Waals surface area contributed by atoms with Gasteiger partial charge in [0.2, 0.25) is 11.8 Å². The number of hydrogen-bond acceptors (Lipinski definition) is 3. The molecule has 0 bridgehead atoms. The second-order valence-corrected chi connectivity index (χ2v) is 6.72. The molecule has 2 atom stereocenters. The Balaban J connectivity index is 1.48. The molecule has 0 spiro atoms. The SMILES string of the molecule is NC1CCC(C(=O)N2CCC(C(=O)Nc3ccccc3)CC2)C1. The van der Waals surface area contributed by atoms with Crippen LogP contribution in [-0.2, 0) is 9.59 Å². The Morgan fingerprint density at radius 3 is 2.30 bits per heavy atom. The first-order valence-corrected chi connectivity index (χ1v) is 8.54. The molecule has 1 saturated carbocycles. The Labute approximate surface area is 137 Å². The molecule has 1 saturated heterocycles. The minimum absolute atomic E-state index is 0.00917. The van der Waals surface area contributed by atoms with E-state index in [1.54, 1.807) is 0 Å². The third-order valence-corrected chi connectivity index (χ3v) is 5.04. The summed E-state index contributed by atoms with van der Waals surface area (Å²) < 4.78 is 0. The van der Waals surface area contributed by atoms with E-state index in [1.807, 2.05) is 35.2 Å². The molecule has 1 aliphatic heterocycles. The van der Waals surface area contributed by atoms with Gasteiger partial charge >= 0.3 is 0 Å². The minimum Gasteiger partial charge on any atom is -0.342 e. The third kappa shape index (κ3) is 3.91. The fourth-order valence-corrected chi connectivity index (χ4v) is 3.63. The van der Waals surface area contributed by atoms with Crippen molar-refractivity contribution in [1.82, 2.24) is 4.90 Å². The second-order valence-electron chi connectivity index (χ2n) is 6.72. The molecule has 0 aromatic heterocycles. The number of para-hydroxylation sites is 1. The van der Waals surface area contributed by atoms with Crippen LogP contribution in [0, 0.1) is 11.8 Å². The van der Waals surface area contributed by atoms with Crippen molar-refractivity contribution in [1.29, 1.82) is 0 Å². The van der Waals surface area contributed by atoms with E-state index in [1.165, 1.54) is 0 Å². The zero-order valence-corrected chi connectivity index (χ0v) is 13.4. The summed E-state index contributed by atoms with van der Waals surface area (Å²) in [7, 11) is 0. The van der Waals surface area contributed by atoms with Gasteiger partial charge in [-0.1, -0.05) is 18.2 Å². The van der Waals surface area contributed by atoms with Crippen LogP contribution >= 0.6 is 0 Å². The van der Waals surface area contributed by atoms with Crippen LogP contribution in [0.15, 0.2) is 30.3 Å². The highest BCUT2D eigenvalue weighted by atomic mass is 16.2. The van der Waals surface area contributed by atoms with E-state index >= 15 is 0 Å². The number of anilines is 1. The second kappa shape index (κ2) is 7.13. The molecule has 23 heavy (non-hydrogen) atoms. The molecule has 2 amide bonds. The van der Waals surface area contributed by atoms with Crippen LogP contribution in [0.5, 0.6) is 0 Å². The van der Waals surface area contributed by atoms with Crippen molar-refractivity contribution in [2.45, 2.75) is 38.1 Å². The molecule has 1 aromatic carbocycles. The zero-order chi connectivity index (χ0) is 16.2. The van der Waals surface area contributed by atoms with Gasteiger partial charge in [0.25, 0.3) is 0 Å². The number of rotatable bonds is 3. The summed E-state index contributed by atoms with van der Waals surface area (Å²) in [5.74, 6) is 0.385. The number of amides is 2. The molecule has 1 aliphatic carbocycles. The van der Waals surface area contributed by atoms with Crippen molar-refractivity contribution in [3.8, 4) is 0 Å². The number of carbonyl (C=O) groups excluding carboxylic acids is 2. The predicted molar refractivity (Wildman–Crippen MR) is 89.7 cm³/mol. The molecular weight excluding hydrogens is 290 g/mol. The number of nitrogens with one attached hydrogen (secondary N) is 1. The number of hydrogen-bond donors (Lipinski definition) is 2. The third-order valence-electron chi connectivity index (χ3n) is 5.04. The van der Waals surface area contributed by atoms with Gasteiger partial charge in [0.05, 0.1) is 0 Å². The first-order valence-electron chi connectivity index (χ1n) is 8.54. The van der Waals surface area contributed by atoms with Gasteiger partial charge in [0.1, 0.15) is 0 Å². The highest BCUT2D eigenvalue weighted by molar-refractivity contribution is 5.92. The molecule has 0 radical (unpaired) electrons. The fraction of sp³-hybridized carbons (Fsp3) is 0.556. The lowest BCUT2D eigenvalue weighted by molar-refractivity contribution is -0.138. The Kier molecular flexibility index (Phi) is 4.96.